The standard InChI is InChI=1S/C10H20N2OS/c1-3-12(2)10(13)7-11-9-5-4-6-14-8-9/h9,11H,3-8H2,1-2H3. The number of hydrogen-bond donors (Lipinski definition) is 1. The van der Waals surface area contributed by atoms with Crippen molar-refractivity contribution in [2.24, 2.45) is 0 Å². The van der Waals surface area contributed by atoms with E-state index < -0.39 is 0 Å². The van der Waals surface area contributed by atoms with E-state index in [1.807, 2.05) is 25.7 Å². The SMILES string of the molecule is CCN(C)C(=O)CNC1CCCSC1. The molecule has 1 amide bonds. The first kappa shape index (κ1) is 11.9. The molecular formula is C10H20N2OS. The van der Waals surface area contributed by atoms with E-state index in [-0.39, 0.29) is 5.91 Å². The summed E-state index contributed by atoms with van der Waals surface area (Å²) in [5, 5.41) is 3.32. The zero-order valence-electron chi connectivity index (χ0n) is 9.08. The highest BCUT2D eigenvalue weighted by atomic mass is 32.2. The van der Waals surface area contributed by atoms with Crippen LogP contribution in [-0.4, -0.2) is 48.5 Å². The Balaban J connectivity index is 2.15. The molecule has 3 nitrogen and oxygen atoms in total. The van der Waals surface area contributed by atoms with Gasteiger partial charge in [0.15, 0.2) is 0 Å². The molecular weight excluding hydrogens is 196 g/mol. The first-order valence-electron chi connectivity index (χ1n) is 5.29. The van der Waals surface area contributed by atoms with Crippen molar-refractivity contribution >= 4 is 17.7 Å². The predicted molar refractivity (Wildman–Crippen MR) is 61.7 cm³/mol. The fraction of sp³-hybridized carbons (Fsp3) is 0.900. The van der Waals surface area contributed by atoms with Crippen molar-refractivity contribution in [2.75, 3.05) is 31.6 Å². The summed E-state index contributed by atoms with van der Waals surface area (Å²) in [6.07, 6.45) is 2.50. The van der Waals surface area contributed by atoms with Crippen LogP contribution < -0.4 is 5.32 Å². The number of nitrogens with one attached hydrogen (secondary N) is 1. The van der Waals surface area contributed by atoms with Gasteiger partial charge in [0.05, 0.1) is 6.54 Å². The number of carbonyl (C=O) groups is 1. The minimum atomic E-state index is 0.197. The van der Waals surface area contributed by atoms with Gasteiger partial charge >= 0.3 is 0 Å². The van der Waals surface area contributed by atoms with E-state index in [4.69, 9.17) is 0 Å². The molecule has 0 bridgehead atoms. The molecule has 1 aliphatic rings. The topological polar surface area (TPSA) is 32.3 Å². The lowest BCUT2D eigenvalue weighted by Crippen LogP contribution is -2.42. The Labute approximate surface area is 90.6 Å². The van der Waals surface area contributed by atoms with Crippen LogP contribution in [0, 0.1) is 0 Å². The van der Waals surface area contributed by atoms with Crippen LogP contribution in [0.3, 0.4) is 0 Å². The summed E-state index contributed by atoms with van der Waals surface area (Å²) in [4.78, 5) is 13.2. The smallest absolute Gasteiger partial charge is 0.236 e. The van der Waals surface area contributed by atoms with E-state index in [0.717, 1.165) is 12.3 Å². The molecule has 1 rings (SSSR count). The number of rotatable bonds is 4. The molecule has 1 fully saturated rings. The van der Waals surface area contributed by atoms with Gasteiger partial charge in [-0.3, -0.25) is 4.79 Å². The third kappa shape index (κ3) is 3.88. The van der Waals surface area contributed by atoms with Gasteiger partial charge in [-0.05, 0) is 25.5 Å². The third-order valence-corrected chi connectivity index (χ3v) is 3.82. The Bertz CT molecular complexity index is 181. The van der Waals surface area contributed by atoms with Crippen LogP contribution in [0.5, 0.6) is 0 Å². The number of thioether (sulfide) groups is 1. The second-order valence-corrected chi connectivity index (χ2v) is 4.85. The summed E-state index contributed by atoms with van der Waals surface area (Å²) >= 11 is 1.98. The largest absolute Gasteiger partial charge is 0.345 e. The molecule has 0 aromatic rings. The quantitative estimate of drug-likeness (QED) is 0.759. The van der Waals surface area contributed by atoms with Crippen molar-refractivity contribution < 1.29 is 4.79 Å². The molecule has 0 aliphatic carbocycles. The molecule has 1 N–H and O–H groups in total. The molecule has 0 aromatic heterocycles. The summed E-state index contributed by atoms with van der Waals surface area (Å²) in [7, 11) is 1.85. The Morgan fingerprint density at radius 1 is 1.64 bits per heavy atom. The average molecular weight is 216 g/mol. The normalized spacial score (nSPS) is 22.0. The van der Waals surface area contributed by atoms with Crippen LogP contribution in [-0.2, 0) is 4.79 Å². The minimum absolute atomic E-state index is 0.197. The number of carbonyl (C=O) groups excluding carboxylic acids is 1. The lowest BCUT2D eigenvalue weighted by molar-refractivity contribution is -0.128. The second kappa shape index (κ2) is 6.30. The van der Waals surface area contributed by atoms with Gasteiger partial charge in [0, 0.05) is 25.4 Å². The summed E-state index contributed by atoms with van der Waals surface area (Å²) in [6.45, 7) is 3.28. The van der Waals surface area contributed by atoms with E-state index in [9.17, 15) is 4.79 Å². The maximum atomic E-state index is 11.5. The summed E-state index contributed by atoms with van der Waals surface area (Å²) < 4.78 is 0. The fourth-order valence-electron chi connectivity index (χ4n) is 1.44. The molecule has 14 heavy (non-hydrogen) atoms. The number of amides is 1. The first-order chi connectivity index (χ1) is 6.74. The Morgan fingerprint density at radius 2 is 2.43 bits per heavy atom. The van der Waals surface area contributed by atoms with Crippen molar-refractivity contribution in [1.29, 1.82) is 0 Å². The van der Waals surface area contributed by atoms with E-state index >= 15 is 0 Å². The van der Waals surface area contributed by atoms with Crippen LogP contribution >= 0.6 is 11.8 Å². The van der Waals surface area contributed by atoms with Crippen molar-refractivity contribution in [3.05, 3.63) is 0 Å². The van der Waals surface area contributed by atoms with E-state index in [1.54, 1.807) is 4.90 Å². The summed E-state index contributed by atoms with van der Waals surface area (Å²) in [6, 6.07) is 0.544. The van der Waals surface area contributed by atoms with Crippen molar-refractivity contribution in [3.63, 3.8) is 0 Å². The Kier molecular flexibility index (Phi) is 5.33. The molecule has 0 aromatic carbocycles. The maximum Gasteiger partial charge on any atom is 0.236 e. The second-order valence-electron chi connectivity index (χ2n) is 3.70. The predicted octanol–water partition coefficient (Wildman–Crippen LogP) is 0.950. The van der Waals surface area contributed by atoms with E-state index in [2.05, 4.69) is 5.32 Å². The molecule has 1 heterocycles. The lowest BCUT2D eigenvalue weighted by Gasteiger charge is -2.23. The molecule has 0 saturated carbocycles. The molecule has 82 valence electrons. The van der Waals surface area contributed by atoms with E-state index in [0.29, 0.717) is 12.6 Å². The third-order valence-electron chi connectivity index (χ3n) is 2.60. The van der Waals surface area contributed by atoms with Gasteiger partial charge in [0.2, 0.25) is 5.91 Å². The fourth-order valence-corrected chi connectivity index (χ4v) is 2.55. The summed E-state index contributed by atoms with van der Waals surface area (Å²) in [5.74, 6) is 2.63. The number of nitrogens with zero attached hydrogens (tertiary/aromatic N) is 1. The molecule has 4 heteroatoms. The minimum Gasteiger partial charge on any atom is -0.345 e. The molecule has 1 atom stereocenters. The lowest BCUT2D eigenvalue weighted by atomic mass is 10.2. The van der Waals surface area contributed by atoms with Gasteiger partial charge < -0.3 is 10.2 Å². The highest BCUT2D eigenvalue weighted by Gasteiger charge is 2.14. The van der Waals surface area contributed by atoms with E-state index in [1.165, 1.54) is 18.6 Å². The van der Waals surface area contributed by atoms with Gasteiger partial charge in [0.1, 0.15) is 0 Å². The molecule has 1 aliphatic heterocycles. The van der Waals surface area contributed by atoms with Gasteiger partial charge in [-0.15, -0.1) is 0 Å². The zero-order chi connectivity index (χ0) is 10.4. The van der Waals surface area contributed by atoms with Gasteiger partial charge in [-0.25, -0.2) is 0 Å². The maximum absolute atomic E-state index is 11.5. The first-order valence-corrected chi connectivity index (χ1v) is 6.44. The Morgan fingerprint density at radius 3 is 3.00 bits per heavy atom. The Hall–Kier alpha value is -0.220. The molecule has 1 saturated heterocycles. The van der Waals surface area contributed by atoms with Crippen LogP contribution in [0.1, 0.15) is 19.8 Å². The van der Waals surface area contributed by atoms with Crippen molar-refractivity contribution in [2.45, 2.75) is 25.8 Å². The van der Waals surface area contributed by atoms with Gasteiger partial charge in [0.25, 0.3) is 0 Å². The van der Waals surface area contributed by atoms with Crippen LogP contribution in [0.2, 0.25) is 0 Å². The summed E-state index contributed by atoms with van der Waals surface area (Å²) in [5.41, 5.74) is 0. The highest BCUT2D eigenvalue weighted by molar-refractivity contribution is 7.99. The highest BCUT2D eigenvalue weighted by Crippen LogP contribution is 2.16. The number of hydrogen-bond acceptors (Lipinski definition) is 3. The zero-order valence-corrected chi connectivity index (χ0v) is 9.90. The van der Waals surface area contributed by atoms with Crippen molar-refractivity contribution in [1.82, 2.24) is 10.2 Å². The molecule has 0 radical (unpaired) electrons. The van der Waals surface area contributed by atoms with Crippen LogP contribution in [0.25, 0.3) is 0 Å². The van der Waals surface area contributed by atoms with Crippen LogP contribution in [0.15, 0.2) is 0 Å². The number of likely N-dealkylation sites (N-methyl/N-ethyl adjacent to an activating group) is 1. The van der Waals surface area contributed by atoms with Gasteiger partial charge in [-0.2, -0.15) is 11.8 Å². The van der Waals surface area contributed by atoms with Gasteiger partial charge in [-0.1, -0.05) is 0 Å². The molecule has 1 unspecified atom stereocenters. The molecule has 0 spiro atoms. The van der Waals surface area contributed by atoms with Crippen molar-refractivity contribution in [3.8, 4) is 0 Å². The van der Waals surface area contributed by atoms with Crippen LogP contribution in [0.4, 0.5) is 0 Å². The monoisotopic (exact) mass is 216 g/mol. The average Bonchev–Trinajstić information content (AvgIpc) is 2.26.